The summed E-state index contributed by atoms with van der Waals surface area (Å²) >= 11 is 0. The van der Waals surface area contributed by atoms with Crippen LogP contribution >= 0.6 is 0 Å². The fraction of sp³-hybridized carbons (Fsp3) is 0.294. The van der Waals surface area contributed by atoms with Gasteiger partial charge in [0.1, 0.15) is 0 Å². The van der Waals surface area contributed by atoms with Crippen LogP contribution in [0.5, 0.6) is 0 Å². The first-order valence-corrected chi connectivity index (χ1v) is 10.5. The fourth-order valence-corrected chi connectivity index (χ4v) is 2.38. The molecule has 8 nitrogen and oxygen atoms in total. The molecule has 0 heterocycles. The topological polar surface area (TPSA) is 149 Å². The minimum Gasteiger partial charge on any atom is -0.394 e. The SMILES string of the molecule is CC(O)CO.Cc1ccc(S(=O)(=O)O)cc1.Cc1ccc(S(=O)(=O)O)cc1. The van der Waals surface area contributed by atoms with Crippen molar-refractivity contribution in [1.82, 2.24) is 0 Å². The maximum absolute atomic E-state index is 10.5. The summed E-state index contributed by atoms with van der Waals surface area (Å²) in [7, 11) is -8.04. The Morgan fingerprint density at radius 2 is 0.963 bits per heavy atom. The van der Waals surface area contributed by atoms with Crippen LogP contribution in [-0.4, -0.2) is 48.9 Å². The van der Waals surface area contributed by atoms with Gasteiger partial charge < -0.3 is 10.2 Å². The number of rotatable bonds is 3. The van der Waals surface area contributed by atoms with Crippen molar-refractivity contribution in [3.8, 4) is 0 Å². The molecule has 0 saturated carbocycles. The molecular formula is C17H24O8S2. The van der Waals surface area contributed by atoms with E-state index >= 15 is 0 Å². The molecular weight excluding hydrogens is 396 g/mol. The van der Waals surface area contributed by atoms with Crippen LogP contribution in [0, 0.1) is 13.8 Å². The van der Waals surface area contributed by atoms with E-state index in [2.05, 4.69) is 0 Å². The Kier molecular flexibility index (Phi) is 10.4. The van der Waals surface area contributed by atoms with E-state index in [9.17, 15) is 16.8 Å². The highest BCUT2D eigenvalue weighted by molar-refractivity contribution is 7.86. The summed E-state index contributed by atoms with van der Waals surface area (Å²) in [6.07, 6.45) is -0.560. The third-order valence-corrected chi connectivity index (χ3v) is 4.64. The maximum atomic E-state index is 10.5. The first-order valence-electron chi connectivity index (χ1n) is 7.64. The van der Waals surface area contributed by atoms with E-state index in [1.165, 1.54) is 31.2 Å². The molecule has 2 aromatic carbocycles. The summed E-state index contributed by atoms with van der Waals surface area (Å²) in [6.45, 7) is 5.07. The van der Waals surface area contributed by atoms with E-state index in [0.717, 1.165) is 11.1 Å². The van der Waals surface area contributed by atoms with E-state index in [0.29, 0.717) is 0 Å². The van der Waals surface area contributed by atoms with Gasteiger partial charge in [0.25, 0.3) is 20.2 Å². The van der Waals surface area contributed by atoms with Gasteiger partial charge in [-0.2, -0.15) is 16.8 Å². The Bertz CT molecular complexity index is 811. The van der Waals surface area contributed by atoms with Crippen LogP contribution in [0.25, 0.3) is 0 Å². The van der Waals surface area contributed by atoms with Gasteiger partial charge in [-0.3, -0.25) is 9.11 Å². The Balaban J connectivity index is 0.000000405. The molecule has 0 aliphatic heterocycles. The number of hydrogen-bond acceptors (Lipinski definition) is 6. The lowest BCUT2D eigenvalue weighted by Gasteiger charge is -1.95. The fourth-order valence-electron chi connectivity index (χ4n) is 1.42. The smallest absolute Gasteiger partial charge is 0.294 e. The van der Waals surface area contributed by atoms with Gasteiger partial charge in [0.05, 0.1) is 22.5 Å². The van der Waals surface area contributed by atoms with Crippen LogP contribution in [-0.2, 0) is 20.2 Å². The monoisotopic (exact) mass is 420 g/mol. The molecule has 2 rings (SSSR count). The number of benzene rings is 2. The number of aliphatic hydroxyl groups is 2. The van der Waals surface area contributed by atoms with Crippen LogP contribution in [0.3, 0.4) is 0 Å². The average molecular weight is 421 g/mol. The molecule has 1 unspecified atom stereocenters. The summed E-state index contributed by atoms with van der Waals surface area (Å²) < 4.78 is 59.1. The van der Waals surface area contributed by atoms with Crippen LogP contribution in [0.2, 0.25) is 0 Å². The second kappa shape index (κ2) is 11.1. The molecule has 0 fully saturated rings. The zero-order valence-electron chi connectivity index (χ0n) is 15.1. The van der Waals surface area contributed by atoms with Crippen molar-refractivity contribution in [2.75, 3.05) is 6.61 Å². The minimum absolute atomic E-state index is 0.0666. The Morgan fingerprint density at radius 1 is 0.741 bits per heavy atom. The van der Waals surface area contributed by atoms with Gasteiger partial charge in [-0.1, -0.05) is 35.4 Å². The normalized spacial score (nSPS) is 12.1. The summed E-state index contributed by atoms with van der Waals surface area (Å²) in [5.74, 6) is 0. The van der Waals surface area contributed by atoms with Crippen molar-refractivity contribution in [3.05, 3.63) is 59.7 Å². The highest BCUT2D eigenvalue weighted by Gasteiger charge is 2.07. The van der Waals surface area contributed by atoms with E-state index in [1.807, 2.05) is 13.8 Å². The molecule has 10 heteroatoms. The second-order valence-electron chi connectivity index (χ2n) is 5.61. The second-order valence-corrected chi connectivity index (χ2v) is 8.45. The highest BCUT2D eigenvalue weighted by Crippen LogP contribution is 2.09. The van der Waals surface area contributed by atoms with Crippen molar-refractivity contribution >= 4 is 20.2 Å². The molecule has 27 heavy (non-hydrogen) atoms. The molecule has 0 amide bonds. The summed E-state index contributed by atoms with van der Waals surface area (Å²) in [4.78, 5) is -0.133. The molecule has 0 radical (unpaired) electrons. The lowest BCUT2D eigenvalue weighted by atomic mass is 10.2. The standard InChI is InChI=1S/2C7H8O3S.C3H8O2/c2*1-6-2-4-7(5-3-6)11(8,9)10;1-3(5)2-4/h2*2-5H,1H3,(H,8,9,10);3-5H,2H2,1H3. The molecule has 0 saturated heterocycles. The van der Waals surface area contributed by atoms with Crippen LogP contribution in [0.1, 0.15) is 18.1 Å². The molecule has 0 aliphatic rings. The lowest BCUT2D eigenvalue weighted by molar-refractivity contribution is 0.110. The zero-order chi connectivity index (χ0) is 21.3. The van der Waals surface area contributed by atoms with Crippen molar-refractivity contribution in [2.24, 2.45) is 0 Å². The van der Waals surface area contributed by atoms with Crippen molar-refractivity contribution < 1.29 is 36.2 Å². The van der Waals surface area contributed by atoms with Crippen LogP contribution < -0.4 is 0 Å². The van der Waals surface area contributed by atoms with Gasteiger partial charge in [-0.25, -0.2) is 0 Å². The van der Waals surface area contributed by atoms with Gasteiger partial charge in [-0.15, -0.1) is 0 Å². The summed E-state index contributed by atoms with van der Waals surface area (Å²) in [6, 6.07) is 12.0. The van der Waals surface area contributed by atoms with Gasteiger partial charge in [0.15, 0.2) is 0 Å². The zero-order valence-corrected chi connectivity index (χ0v) is 16.8. The molecule has 4 N–H and O–H groups in total. The predicted molar refractivity (Wildman–Crippen MR) is 101 cm³/mol. The maximum Gasteiger partial charge on any atom is 0.294 e. The van der Waals surface area contributed by atoms with Gasteiger partial charge in [0.2, 0.25) is 0 Å². The number of aliphatic hydroxyl groups excluding tert-OH is 2. The average Bonchev–Trinajstić information content (AvgIpc) is 2.55. The van der Waals surface area contributed by atoms with Crippen LogP contribution in [0.4, 0.5) is 0 Å². The van der Waals surface area contributed by atoms with Crippen molar-refractivity contribution in [3.63, 3.8) is 0 Å². The largest absolute Gasteiger partial charge is 0.394 e. The van der Waals surface area contributed by atoms with Crippen molar-refractivity contribution in [1.29, 1.82) is 0 Å². The van der Waals surface area contributed by atoms with Gasteiger partial charge in [0, 0.05) is 0 Å². The molecule has 152 valence electrons. The predicted octanol–water partition coefficient (Wildman–Crippen LogP) is 1.84. The van der Waals surface area contributed by atoms with E-state index in [4.69, 9.17) is 19.3 Å². The molecule has 0 aromatic heterocycles. The first-order chi connectivity index (χ1) is 12.3. The molecule has 2 aromatic rings. The van der Waals surface area contributed by atoms with Gasteiger partial charge >= 0.3 is 0 Å². The highest BCUT2D eigenvalue weighted by atomic mass is 32.2. The quantitative estimate of drug-likeness (QED) is 0.550. The lowest BCUT2D eigenvalue weighted by Crippen LogP contribution is -2.03. The first kappa shape index (κ1) is 25.2. The minimum atomic E-state index is -4.02. The van der Waals surface area contributed by atoms with E-state index < -0.39 is 26.3 Å². The Hall–Kier alpha value is -1.82. The number of hydrogen-bond donors (Lipinski definition) is 4. The van der Waals surface area contributed by atoms with Gasteiger partial charge in [-0.05, 0) is 45.0 Å². The third kappa shape index (κ3) is 11.5. The molecule has 1 atom stereocenters. The summed E-state index contributed by atoms with van der Waals surface area (Å²) in [5.41, 5.74) is 1.91. The van der Waals surface area contributed by atoms with E-state index in [1.54, 1.807) is 24.3 Å². The van der Waals surface area contributed by atoms with Crippen molar-refractivity contribution in [2.45, 2.75) is 36.7 Å². The Morgan fingerprint density at radius 3 is 1.11 bits per heavy atom. The van der Waals surface area contributed by atoms with Crippen LogP contribution in [0.15, 0.2) is 58.3 Å². The molecule has 0 aliphatic carbocycles. The molecule has 0 bridgehead atoms. The number of aryl methyl sites for hydroxylation is 2. The third-order valence-electron chi connectivity index (χ3n) is 2.90. The Labute approximate surface area is 159 Å². The molecule has 0 spiro atoms. The summed E-state index contributed by atoms with van der Waals surface area (Å²) in [5, 5.41) is 16.0. The van der Waals surface area contributed by atoms with E-state index in [-0.39, 0.29) is 16.4 Å².